The zero-order valence-electron chi connectivity index (χ0n) is 15.9. The monoisotopic (exact) mass is 358 g/mol. The molecule has 4 nitrogen and oxygen atoms in total. The molecule has 0 aliphatic heterocycles. The first-order chi connectivity index (χ1) is 12.4. The minimum Gasteiger partial charge on any atom is -0.481 e. The summed E-state index contributed by atoms with van der Waals surface area (Å²) in [4.78, 5) is 24.5. The summed E-state index contributed by atoms with van der Waals surface area (Å²) in [6.07, 6.45) is 7.72. The van der Waals surface area contributed by atoms with Crippen LogP contribution in [0.3, 0.4) is 0 Å². The van der Waals surface area contributed by atoms with Gasteiger partial charge in [-0.2, -0.15) is 0 Å². The zero-order valence-corrected chi connectivity index (χ0v) is 15.9. The van der Waals surface area contributed by atoms with Crippen LogP contribution in [-0.2, 0) is 33.3 Å². The molecule has 4 heteroatoms. The van der Waals surface area contributed by atoms with E-state index >= 15 is 0 Å². The predicted molar refractivity (Wildman–Crippen MR) is 101 cm³/mol. The van der Waals surface area contributed by atoms with Crippen LogP contribution in [0, 0.1) is 0 Å². The van der Waals surface area contributed by atoms with Crippen molar-refractivity contribution < 1.29 is 19.8 Å². The molecule has 0 saturated heterocycles. The summed E-state index contributed by atoms with van der Waals surface area (Å²) in [6, 6.07) is 4.14. The molecular weight excluding hydrogens is 328 g/mol. The van der Waals surface area contributed by atoms with Gasteiger partial charge in [0.25, 0.3) is 0 Å². The lowest BCUT2D eigenvalue weighted by Gasteiger charge is -2.40. The summed E-state index contributed by atoms with van der Waals surface area (Å²) >= 11 is 0. The van der Waals surface area contributed by atoms with E-state index in [1.54, 1.807) is 0 Å². The molecule has 1 aromatic carbocycles. The molecule has 0 bridgehead atoms. The van der Waals surface area contributed by atoms with E-state index in [-0.39, 0.29) is 0 Å². The molecule has 2 aliphatic rings. The van der Waals surface area contributed by atoms with Crippen molar-refractivity contribution in [1.29, 1.82) is 0 Å². The molecule has 0 heterocycles. The minimum absolute atomic E-state index is 0.646. The highest BCUT2D eigenvalue weighted by molar-refractivity contribution is 5.85. The molecule has 3 rings (SSSR count). The van der Waals surface area contributed by atoms with Gasteiger partial charge in [0, 0.05) is 0 Å². The molecular formula is C22H30O4. The van der Waals surface area contributed by atoms with Crippen LogP contribution in [0.25, 0.3) is 0 Å². The lowest BCUT2D eigenvalue weighted by atomic mass is 9.62. The first kappa shape index (κ1) is 18.9. The summed E-state index contributed by atoms with van der Waals surface area (Å²) in [7, 11) is 0. The maximum absolute atomic E-state index is 12.2. The largest absolute Gasteiger partial charge is 0.481 e. The average Bonchev–Trinajstić information content (AvgIpc) is 2.61. The van der Waals surface area contributed by atoms with Gasteiger partial charge in [-0.1, -0.05) is 38.8 Å². The lowest BCUT2D eigenvalue weighted by Crippen LogP contribution is -2.42. The lowest BCUT2D eigenvalue weighted by molar-refractivity contribution is -0.146. The van der Waals surface area contributed by atoms with Gasteiger partial charge in [-0.25, -0.2) is 0 Å². The zero-order chi connectivity index (χ0) is 18.9. The number of carboxylic acids is 2. The number of benzene rings is 1. The summed E-state index contributed by atoms with van der Waals surface area (Å²) < 4.78 is 0. The van der Waals surface area contributed by atoms with Gasteiger partial charge in [-0.15, -0.1) is 0 Å². The number of aryl methyl sites for hydroxylation is 2. The molecule has 0 amide bonds. The maximum Gasteiger partial charge on any atom is 0.314 e. The van der Waals surface area contributed by atoms with Gasteiger partial charge >= 0.3 is 11.9 Å². The Kier molecular flexibility index (Phi) is 5.14. The Morgan fingerprint density at radius 2 is 1.23 bits per heavy atom. The fraction of sp³-hybridized carbons (Fsp3) is 0.636. The standard InChI is InChI=1S/C22H30O4/c1-3-9-21(19(23)24)11-5-7-15-14-18-16(13-17(15)21)8-6-12-22(18,10-4-2)20(25)26/h13-14H,3-12H2,1-2H3,(H,23,24)(H,25,26)/t21-,22-/m0/s1. The summed E-state index contributed by atoms with van der Waals surface area (Å²) in [5.41, 5.74) is 2.43. The van der Waals surface area contributed by atoms with Crippen molar-refractivity contribution in [3.63, 3.8) is 0 Å². The Bertz CT molecular complexity index is 661. The predicted octanol–water partition coefficient (Wildman–Crippen LogP) is 4.60. The van der Waals surface area contributed by atoms with Crippen LogP contribution in [0.15, 0.2) is 12.1 Å². The fourth-order valence-electron chi connectivity index (χ4n) is 5.46. The second-order valence-corrected chi connectivity index (χ2v) is 8.15. The third-order valence-electron chi connectivity index (χ3n) is 6.63. The van der Waals surface area contributed by atoms with E-state index in [1.165, 1.54) is 0 Å². The molecule has 0 fully saturated rings. The van der Waals surface area contributed by atoms with E-state index in [0.717, 1.165) is 60.8 Å². The summed E-state index contributed by atoms with van der Waals surface area (Å²) in [5.74, 6) is -1.46. The first-order valence-electron chi connectivity index (χ1n) is 10.0. The molecule has 2 aliphatic carbocycles. The quantitative estimate of drug-likeness (QED) is 0.779. The Hall–Kier alpha value is -1.84. The van der Waals surface area contributed by atoms with Crippen LogP contribution < -0.4 is 0 Å². The maximum atomic E-state index is 12.2. The SMILES string of the molecule is CCC[C@]1(C(=O)O)CCCc2cc3c(cc21)CCC[C@]3(CCC)C(=O)O. The van der Waals surface area contributed by atoms with Crippen molar-refractivity contribution in [2.75, 3.05) is 0 Å². The van der Waals surface area contributed by atoms with Gasteiger partial charge in [-0.3, -0.25) is 9.59 Å². The third-order valence-corrected chi connectivity index (χ3v) is 6.63. The van der Waals surface area contributed by atoms with Crippen LogP contribution in [0.1, 0.15) is 87.5 Å². The van der Waals surface area contributed by atoms with Crippen LogP contribution in [0.2, 0.25) is 0 Å². The minimum atomic E-state index is -0.800. The van der Waals surface area contributed by atoms with Crippen molar-refractivity contribution in [3.05, 3.63) is 34.4 Å². The van der Waals surface area contributed by atoms with E-state index in [1.807, 2.05) is 13.8 Å². The molecule has 142 valence electrons. The number of carboxylic acid groups (broad SMARTS) is 2. The Balaban J connectivity index is 2.20. The highest BCUT2D eigenvalue weighted by Crippen LogP contribution is 2.47. The fourth-order valence-corrected chi connectivity index (χ4v) is 5.46. The normalized spacial score (nSPS) is 27.5. The highest BCUT2D eigenvalue weighted by Gasteiger charge is 2.47. The van der Waals surface area contributed by atoms with Crippen LogP contribution in [-0.4, -0.2) is 22.2 Å². The second-order valence-electron chi connectivity index (χ2n) is 8.15. The second kappa shape index (κ2) is 7.05. The van der Waals surface area contributed by atoms with Crippen molar-refractivity contribution >= 4 is 11.9 Å². The molecule has 2 atom stereocenters. The topological polar surface area (TPSA) is 74.6 Å². The van der Waals surface area contributed by atoms with Crippen molar-refractivity contribution in [3.8, 4) is 0 Å². The van der Waals surface area contributed by atoms with E-state index in [2.05, 4.69) is 12.1 Å². The van der Waals surface area contributed by atoms with E-state index in [0.29, 0.717) is 25.7 Å². The van der Waals surface area contributed by atoms with E-state index in [4.69, 9.17) is 0 Å². The molecule has 0 aromatic heterocycles. The number of fused-ring (bicyclic) bond motifs is 2. The molecule has 1 aromatic rings. The van der Waals surface area contributed by atoms with Crippen LogP contribution in [0.4, 0.5) is 0 Å². The smallest absolute Gasteiger partial charge is 0.314 e. The van der Waals surface area contributed by atoms with Crippen molar-refractivity contribution in [1.82, 2.24) is 0 Å². The average molecular weight is 358 g/mol. The van der Waals surface area contributed by atoms with Gasteiger partial charge < -0.3 is 10.2 Å². The Morgan fingerprint density at radius 1 is 0.846 bits per heavy atom. The molecule has 0 radical (unpaired) electrons. The van der Waals surface area contributed by atoms with Crippen molar-refractivity contribution in [2.45, 2.75) is 88.9 Å². The number of hydrogen-bond donors (Lipinski definition) is 2. The van der Waals surface area contributed by atoms with Gasteiger partial charge in [-0.05, 0) is 73.6 Å². The first-order valence-corrected chi connectivity index (χ1v) is 10.0. The Labute approximate surface area is 155 Å². The number of hydrogen-bond acceptors (Lipinski definition) is 2. The highest BCUT2D eigenvalue weighted by atomic mass is 16.4. The van der Waals surface area contributed by atoms with E-state index in [9.17, 15) is 19.8 Å². The number of rotatable bonds is 6. The van der Waals surface area contributed by atoms with Crippen molar-refractivity contribution in [2.24, 2.45) is 0 Å². The number of carbonyl (C=O) groups is 2. The Morgan fingerprint density at radius 3 is 1.54 bits per heavy atom. The van der Waals surface area contributed by atoms with Gasteiger partial charge in [0.15, 0.2) is 0 Å². The van der Waals surface area contributed by atoms with Crippen LogP contribution >= 0.6 is 0 Å². The molecule has 26 heavy (non-hydrogen) atoms. The van der Waals surface area contributed by atoms with Gasteiger partial charge in [0.2, 0.25) is 0 Å². The van der Waals surface area contributed by atoms with Gasteiger partial charge in [0.05, 0.1) is 10.8 Å². The van der Waals surface area contributed by atoms with Crippen LogP contribution in [0.5, 0.6) is 0 Å². The molecule has 0 unspecified atom stereocenters. The third kappa shape index (κ3) is 2.74. The summed E-state index contributed by atoms with van der Waals surface area (Å²) in [6.45, 7) is 4.07. The van der Waals surface area contributed by atoms with Gasteiger partial charge in [0.1, 0.15) is 0 Å². The number of aliphatic carboxylic acids is 2. The molecule has 2 N–H and O–H groups in total. The molecule has 0 saturated carbocycles. The molecule has 0 spiro atoms. The summed E-state index contributed by atoms with van der Waals surface area (Å²) in [5, 5.41) is 20.1. The van der Waals surface area contributed by atoms with E-state index < -0.39 is 22.8 Å².